The normalized spacial score (nSPS) is 30.0. The van der Waals surface area contributed by atoms with E-state index < -0.39 is 17.5 Å². The van der Waals surface area contributed by atoms with Crippen LogP contribution < -0.4 is 5.32 Å². The number of likely N-dealkylation sites (tertiary alicyclic amines) is 1. The van der Waals surface area contributed by atoms with Crippen LogP contribution in [0.3, 0.4) is 0 Å². The van der Waals surface area contributed by atoms with Gasteiger partial charge in [-0.05, 0) is 58.2 Å². The van der Waals surface area contributed by atoms with E-state index in [0.717, 1.165) is 32.5 Å². The van der Waals surface area contributed by atoms with E-state index in [-0.39, 0.29) is 36.7 Å². The van der Waals surface area contributed by atoms with E-state index in [1.54, 1.807) is 4.90 Å². The number of alkyl halides is 2. The van der Waals surface area contributed by atoms with Gasteiger partial charge in [-0.25, -0.2) is 8.78 Å². The minimum absolute atomic E-state index is 0.0424. The van der Waals surface area contributed by atoms with Gasteiger partial charge in [-0.3, -0.25) is 19.4 Å². The van der Waals surface area contributed by atoms with Crippen LogP contribution in [0.1, 0.15) is 61.1 Å². The number of halogens is 2. The van der Waals surface area contributed by atoms with Gasteiger partial charge in [-0.2, -0.15) is 0 Å². The molecule has 1 aliphatic carbocycles. The van der Waals surface area contributed by atoms with Crippen LogP contribution in [-0.2, 0) is 16.1 Å². The van der Waals surface area contributed by atoms with Crippen LogP contribution >= 0.6 is 11.3 Å². The zero-order valence-electron chi connectivity index (χ0n) is 20.2. The van der Waals surface area contributed by atoms with Crippen LogP contribution in [0.5, 0.6) is 0 Å². The monoisotopic (exact) mass is 494 g/mol. The number of thiophene rings is 1. The Morgan fingerprint density at radius 2 is 1.82 bits per heavy atom. The Morgan fingerprint density at radius 3 is 2.47 bits per heavy atom. The molecule has 0 unspecified atom stereocenters. The second-order valence-corrected chi connectivity index (χ2v) is 12.3. The van der Waals surface area contributed by atoms with Crippen molar-refractivity contribution in [2.45, 2.75) is 94.4 Å². The maximum absolute atomic E-state index is 13.6. The lowest BCUT2D eigenvalue weighted by Crippen LogP contribution is -2.56. The van der Waals surface area contributed by atoms with Crippen molar-refractivity contribution < 1.29 is 18.4 Å². The first kappa shape index (κ1) is 24.1. The molecule has 34 heavy (non-hydrogen) atoms. The molecule has 4 fully saturated rings. The third kappa shape index (κ3) is 4.88. The van der Waals surface area contributed by atoms with E-state index in [2.05, 4.69) is 34.2 Å². The number of rotatable bonds is 4. The van der Waals surface area contributed by atoms with E-state index in [4.69, 9.17) is 0 Å². The molecule has 3 saturated heterocycles. The number of piperidine rings is 1. The number of nitrogens with one attached hydrogen (secondary N) is 1. The third-order valence-corrected chi connectivity index (χ3v) is 9.59. The fraction of sp³-hybridized carbons (Fsp3) is 0.760. The molecule has 6 nitrogen and oxygen atoms in total. The van der Waals surface area contributed by atoms with Gasteiger partial charge >= 0.3 is 0 Å². The molecule has 4 aliphatic rings. The van der Waals surface area contributed by atoms with Gasteiger partial charge < -0.3 is 10.2 Å². The second kappa shape index (κ2) is 9.13. The number of carbonyl (C=O) groups is 2. The Hall–Kier alpha value is -1.58. The maximum Gasteiger partial charge on any atom is 0.248 e. The number of likely N-dealkylation sites (N-methyl/N-ethyl adjacent to an activating group) is 1. The van der Waals surface area contributed by atoms with Gasteiger partial charge in [0.2, 0.25) is 17.7 Å². The summed E-state index contributed by atoms with van der Waals surface area (Å²) in [5.41, 5.74) is -0.448. The quantitative estimate of drug-likeness (QED) is 0.697. The Balaban J connectivity index is 1.19. The number of fused-ring (bicyclic) bond motifs is 1. The summed E-state index contributed by atoms with van der Waals surface area (Å²) in [7, 11) is 1.97. The largest absolute Gasteiger partial charge is 0.348 e. The maximum atomic E-state index is 13.6. The molecule has 0 radical (unpaired) electrons. The molecule has 2 amide bonds. The van der Waals surface area contributed by atoms with Gasteiger partial charge in [-0.1, -0.05) is 0 Å². The van der Waals surface area contributed by atoms with Gasteiger partial charge in [0.25, 0.3) is 0 Å². The van der Waals surface area contributed by atoms with Crippen LogP contribution in [0, 0.1) is 6.92 Å². The molecule has 2 atom stereocenters. The highest BCUT2D eigenvalue weighted by Crippen LogP contribution is 2.38. The summed E-state index contributed by atoms with van der Waals surface area (Å²) in [5.74, 6) is -2.54. The molecular weight excluding hydrogens is 458 g/mol. The Bertz CT molecular complexity index is 892. The summed E-state index contributed by atoms with van der Waals surface area (Å²) in [6.45, 7) is 5.29. The average molecular weight is 495 g/mol. The van der Waals surface area contributed by atoms with Crippen molar-refractivity contribution in [3.8, 4) is 0 Å². The summed E-state index contributed by atoms with van der Waals surface area (Å²) in [6, 6.07) is 4.02. The molecule has 1 spiro atoms. The van der Waals surface area contributed by atoms with E-state index in [1.165, 1.54) is 9.75 Å². The number of carbonyl (C=O) groups excluding carboxylic acids is 2. The zero-order valence-corrected chi connectivity index (χ0v) is 21.0. The highest BCUT2D eigenvalue weighted by molar-refractivity contribution is 7.11. The predicted octanol–water partition coefficient (Wildman–Crippen LogP) is 3.39. The van der Waals surface area contributed by atoms with E-state index in [9.17, 15) is 18.4 Å². The van der Waals surface area contributed by atoms with Gasteiger partial charge in [0.15, 0.2) is 0 Å². The molecule has 5 rings (SSSR count). The van der Waals surface area contributed by atoms with Gasteiger partial charge in [0.1, 0.15) is 6.04 Å². The van der Waals surface area contributed by atoms with E-state index >= 15 is 0 Å². The fourth-order valence-corrected chi connectivity index (χ4v) is 7.31. The Labute approximate surface area is 204 Å². The predicted molar refractivity (Wildman–Crippen MR) is 128 cm³/mol. The van der Waals surface area contributed by atoms with Crippen molar-refractivity contribution in [1.29, 1.82) is 0 Å². The van der Waals surface area contributed by atoms with Gasteiger partial charge in [0, 0.05) is 60.9 Å². The molecule has 1 aromatic heterocycles. The van der Waals surface area contributed by atoms with Gasteiger partial charge in [-0.15, -0.1) is 11.3 Å². The lowest BCUT2D eigenvalue weighted by molar-refractivity contribution is -0.135. The number of aryl methyl sites for hydroxylation is 1. The first-order valence-electron chi connectivity index (χ1n) is 12.6. The number of amides is 2. The molecule has 0 bridgehead atoms. The van der Waals surface area contributed by atoms with Crippen LogP contribution in [0.25, 0.3) is 0 Å². The van der Waals surface area contributed by atoms with Gasteiger partial charge in [0.05, 0.1) is 12.0 Å². The summed E-state index contributed by atoms with van der Waals surface area (Å²) < 4.78 is 27.2. The van der Waals surface area contributed by atoms with Crippen LogP contribution in [0.2, 0.25) is 0 Å². The highest BCUT2D eigenvalue weighted by Gasteiger charge is 2.50. The molecule has 1 N–H and O–H groups in total. The first-order chi connectivity index (χ1) is 16.1. The summed E-state index contributed by atoms with van der Waals surface area (Å²) >= 11 is 1.82. The lowest BCUT2D eigenvalue weighted by atomic mass is 9.84. The highest BCUT2D eigenvalue weighted by atomic mass is 32.1. The van der Waals surface area contributed by atoms with Crippen molar-refractivity contribution in [2.75, 3.05) is 26.7 Å². The minimum Gasteiger partial charge on any atom is -0.348 e. The molecule has 0 aromatic carbocycles. The smallest absolute Gasteiger partial charge is 0.248 e. The average Bonchev–Trinajstić information content (AvgIpc) is 3.39. The zero-order chi connectivity index (χ0) is 24.1. The topological polar surface area (TPSA) is 55.9 Å². The van der Waals surface area contributed by atoms with Crippen molar-refractivity contribution in [1.82, 2.24) is 20.0 Å². The number of hydrogen-bond donors (Lipinski definition) is 1. The first-order valence-corrected chi connectivity index (χ1v) is 13.4. The molecule has 1 aromatic rings. The Kier molecular flexibility index (Phi) is 6.48. The van der Waals surface area contributed by atoms with Crippen molar-refractivity contribution in [3.63, 3.8) is 0 Å². The van der Waals surface area contributed by atoms with Crippen LogP contribution in [0.4, 0.5) is 8.78 Å². The van der Waals surface area contributed by atoms with Crippen LogP contribution in [0.15, 0.2) is 12.1 Å². The Morgan fingerprint density at radius 1 is 1.12 bits per heavy atom. The standard InChI is InChI=1S/C25H36F2N4O2S/c1-17-3-4-20(34-17)16-30-11-9-24(10-12-30)14-22(32)31-15-19(13-21(31)23(33)28-24)29(2)18-5-7-25(26,27)8-6-18/h3-4,18-19,21H,5-16H2,1-2H3,(H,28,33)/t19-,21-/m0/s1. The summed E-state index contributed by atoms with van der Waals surface area (Å²) in [5, 5.41) is 3.29. The summed E-state index contributed by atoms with van der Waals surface area (Å²) in [6.07, 6.45) is 3.29. The molecule has 1 saturated carbocycles. The molecule has 4 heterocycles. The third-order valence-electron chi connectivity index (χ3n) is 8.61. The van der Waals surface area contributed by atoms with Crippen molar-refractivity contribution in [2.24, 2.45) is 0 Å². The second-order valence-electron chi connectivity index (χ2n) is 10.9. The molecule has 188 valence electrons. The summed E-state index contributed by atoms with van der Waals surface area (Å²) in [4.78, 5) is 35.6. The fourth-order valence-electron chi connectivity index (χ4n) is 6.37. The van der Waals surface area contributed by atoms with E-state index in [0.29, 0.717) is 32.2 Å². The molecule has 9 heteroatoms. The molecular formula is C25H36F2N4O2S. The number of nitrogens with zero attached hydrogens (tertiary/aromatic N) is 3. The van der Waals surface area contributed by atoms with Crippen LogP contribution in [-0.4, -0.2) is 82.8 Å². The van der Waals surface area contributed by atoms with Crippen molar-refractivity contribution in [3.05, 3.63) is 21.9 Å². The lowest BCUT2D eigenvalue weighted by Gasteiger charge is -2.41. The minimum atomic E-state index is -2.55. The van der Waals surface area contributed by atoms with E-state index in [1.807, 2.05) is 18.4 Å². The SMILES string of the molecule is Cc1ccc(CN2CCC3(CC2)CC(=O)N2C[C@@H](N(C)C4CCC(F)(F)CC4)C[C@H]2C(=O)N3)s1. The molecule has 3 aliphatic heterocycles. The van der Waals surface area contributed by atoms with Crippen molar-refractivity contribution >= 4 is 23.2 Å². The number of hydrogen-bond acceptors (Lipinski definition) is 5.